The third-order valence-corrected chi connectivity index (χ3v) is 17.8. The number of allylic oxidation sites excluding steroid dienone is 25. The molecule has 0 saturated heterocycles. The lowest BCUT2D eigenvalue weighted by molar-refractivity contribution is 0.435. The second-order valence-electron chi connectivity index (χ2n) is 21.4. The fraction of sp³-hybridized carbons (Fsp3) is 0.203. The first kappa shape index (κ1) is 40.5. The monoisotopic (exact) mass is 897 g/mol. The van der Waals surface area contributed by atoms with Crippen molar-refractivity contribution in [2.75, 3.05) is 0 Å². The highest BCUT2D eigenvalue weighted by molar-refractivity contribution is 6.18. The maximum absolute atomic E-state index is 5.57. The van der Waals surface area contributed by atoms with Crippen LogP contribution in [0.2, 0.25) is 0 Å². The molecule has 336 valence electrons. The van der Waals surface area contributed by atoms with E-state index in [1.54, 1.807) is 5.57 Å². The van der Waals surface area contributed by atoms with Gasteiger partial charge in [0.05, 0.1) is 11.8 Å². The number of benzene rings is 5. The molecular formula is C69H55N. The third kappa shape index (κ3) is 5.88. The lowest BCUT2D eigenvalue weighted by Gasteiger charge is -2.46. The maximum atomic E-state index is 5.57. The topological polar surface area (TPSA) is 12.4 Å². The van der Waals surface area contributed by atoms with Gasteiger partial charge in [0, 0.05) is 29.1 Å². The summed E-state index contributed by atoms with van der Waals surface area (Å²) in [5.74, 6) is 0.949. The Hall–Kier alpha value is -7.35. The van der Waals surface area contributed by atoms with Crippen LogP contribution >= 0.6 is 0 Å². The molecule has 9 aliphatic carbocycles. The summed E-state index contributed by atoms with van der Waals surface area (Å²) in [6.07, 6.45) is 51.2. The minimum Gasteiger partial charge on any atom is -0.280 e. The van der Waals surface area contributed by atoms with Gasteiger partial charge in [0.1, 0.15) is 0 Å². The van der Waals surface area contributed by atoms with Crippen molar-refractivity contribution in [2.24, 2.45) is 28.7 Å². The Kier molecular flexibility index (Phi) is 9.02. The molecule has 0 radical (unpaired) electrons. The Bertz CT molecular complexity index is 3710. The van der Waals surface area contributed by atoms with Crippen LogP contribution in [0.5, 0.6) is 0 Å². The Morgan fingerprint density at radius 2 is 1.49 bits per heavy atom. The molecule has 0 N–H and O–H groups in total. The standard InChI is InChI=1S/C69H55N/c1-69(50-26-14-25-42-17-8-11-24-47(42)38-50)67-57-32-16-30-55-52-27-12-13-28-53(52)59(65(55)57)41-60(67)63(48-34-33-43-18-9-10-23-46(43)37-48)66-56-31-15-29-54-51(35-36-58(64(54)56)68(66)69)49-39-61(44-19-4-2-5-20-44)70-62(40-49)45-21-6-3-7-22-45/h2,4-6,8-10,12-13,15-19,21-23,25-38,40-41,44,54,61,64,68H,3,7,11,14,20,24,39H2,1H3. The van der Waals surface area contributed by atoms with Crippen LogP contribution in [0, 0.1) is 23.7 Å². The van der Waals surface area contributed by atoms with Crippen molar-refractivity contribution in [2.45, 2.75) is 63.3 Å². The molecule has 0 spiro atoms. The fourth-order valence-electron chi connectivity index (χ4n) is 14.7. The minimum absolute atomic E-state index is 0.115. The van der Waals surface area contributed by atoms with E-state index in [4.69, 9.17) is 4.99 Å². The number of nitrogens with zero attached hydrogens (tertiary/aromatic N) is 1. The molecule has 1 nitrogen and oxygen atoms in total. The van der Waals surface area contributed by atoms with Crippen LogP contribution in [0.15, 0.2) is 256 Å². The van der Waals surface area contributed by atoms with Gasteiger partial charge >= 0.3 is 0 Å². The van der Waals surface area contributed by atoms with Crippen molar-refractivity contribution in [1.82, 2.24) is 0 Å². The minimum atomic E-state index is -0.385. The average Bonchev–Trinajstić information content (AvgIpc) is 3.84. The lowest BCUT2D eigenvalue weighted by atomic mass is 9.56. The zero-order valence-electron chi connectivity index (χ0n) is 39.8. The Labute approximate surface area is 412 Å². The second-order valence-corrected chi connectivity index (χ2v) is 21.4. The molecule has 15 rings (SSSR count). The molecule has 0 amide bonds. The first-order valence-electron chi connectivity index (χ1n) is 26.1. The second kappa shape index (κ2) is 15.6. The van der Waals surface area contributed by atoms with Crippen molar-refractivity contribution < 1.29 is 0 Å². The van der Waals surface area contributed by atoms with Crippen LogP contribution in [0.25, 0.3) is 49.4 Å². The zero-order chi connectivity index (χ0) is 46.1. The molecule has 6 unspecified atom stereocenters. The van der Waals surface area contributed by atoms with E-state index in [0.717, 1.165) is 50.7 Å². The van der Waals surface area contributed by atoms with Crippen molar-refractivity contribution >= 4 is 32.8 Å². The Morgan fingerprint density at radius 1 is 0.629 bits per heavy atom. The van der Waals surface area contributed by atoms with E-state index < -0.39 is 0 Å². The highest BCUT2D eigenvalue weighted by atomic mass is 14.8. The summed E-state index contributed by atoms with van der Waals surface area (Å²) in [6.45, 7) is 2.66. The van der Waals surface area contributed by atoms with Crippen LogP contribution in [0.1, 0.15) is 68.6 Å². The molecule has 1 heterocycles. The lowest BCUT2D eigenvalue weighted by Crippen LogP contribution is -2.39. The Morgan fingerprint density at radius 3 is 2.37 bits per heavy atom. The highest BCUT2D eigenvalue weighted by Crippen LogP contribution is 2.68. The van der Waals surface area contributed by atoms with Crippen LogP contribution < -0.4 is 0 Å². The number of aliphatic imine (C=N–C) groups is 1. The molecule has 0 bridgehead atoms. The van der Waals surface area contributed by atoms with Crippen LogP contribution in [0.4, 0.5) is 0 Å². The van der Waals surface area contributed by atoms with Gasteiger partial charge in [-0.15, -0.1) is 0 Å². The molecule has 70 heavy (non-hydrogen) atoms. The first-order chi connectivity index (χ1) is 34.6. The number of rotatable bonds is 5. The highest BCUT2D eigenvalue weighted by Gasteiger charge is 2.58. The van der Waals surface area contributed by atoms with E-state index in [0.29, 0.717) is 5.92 Å². The summed E-state index contributed by atoms with van der Waals surface area (Å²) in [5, 5.41) is 5.37. The van der Waals surface area contributed by atoms with Gasteiger partial charge in [-0.1, -0.05) is 195 Å². The molecule has 5 aromatic rings. The van der Waals surface area contributed by atoms with Crippen LogP contribution in [0.3, 0.4) is 0 Å². The van der Waals surface area contributed by atoms with E-state index in [1.807, 2.05) is 0 Å². The van der Waals surface area contributed by atoms with Crippen molar-refractivity contribution in [3.05, 3.63) is 267 Å². The molecule has 0 aromatic heterocycles. The van der Waals surface area contributed by atoms with E-state index in [2.05, 4.69) is 207 Å². The number of fused-ring (bicyclic) bond motifs is 10. The van der Waals surface area contributed by atoms with Crippen molar-refractivity contribution in [1.29, 1.82) is 0 Å². The van der Waals surface area contributed by atoms with Gasteiger partial charge in [-0.05, 0) is 174 Å². The molecule has 1 aliphatic heterocycles. The number of hydrogen-bond donors (Lipinski definition) is 0. The quantitative estimate of drug-likeness (QED) is 0.163. The summed E-state index contributed by atoms with van der Waals surface area (Å²) >= 11 is 0. The summed E-state index contributed by atoms with van der Waals surface area (Å²) in [7, 11) is 0. The van der Waals surface area contributed by atoms with E-state index >= 15 is 0 Å². The molecule has 1 fully saturated rings. The van der Waals surface area contributed by atoms with Gasteiger partial charge in [0.15, 0.2) is 0 Å². The van der Waals surface area contributed by atoms with Gasteiger partial charge in [-0.2, -0.15) is 0 Å². The number of dihydropyridines is 1. The van der Waals surface area contributed by atoms with Gasteiger partial charge in [-0.3, -0.25) is 4.99 Å². The average molecular weight is 898 g/mol. The summed E-state index contributed by atoms with van der Waals surface area (Å²) in [6, 6.07) is 35.4. The smallest absolute Gasteiger partial charge is 0.0649 e. The molecule has 6 atom stereocenters. The van der Waals surface area contributed by atoms with E-state index in [1.165, 1.54) is 111 Å². The molecule has 1 saturated carbocycles. The predicted molar refractivity (Wildman–Crippen MR) is 294 cm³/mol. The maximum Gasteiger partial charge on any atom is 0.0649 e. The van der Waals surface area contributed by atoms with Crippen molar-refractivity contribution in [3.8, 4) is 22.3 Å². The fourth-order valence-corrected chi connectivity index (χ4v) is 14.7. The van der Waals surface area contributed by atoms with Gasteiger partial charge in [0.2, 0.25) is 0 Å². The molecule has 1 heteroatoms. The van der Waals surface area contributed by atoms with Gasteiger partial charge in [-0.25, -0.2) is 0 Å². The van der Waals surface area contributed by atoms with Gasteiger partial charge in [0.25, 0.3) is 0 Å². The normalized spacial score (nSPS) is 27.4. The molecule has 10 aliphatic rings. The summed E-state index contributed by atoms with van der Waals surface area (Å²) < 4.78 is 0. The Balaban J connectivity index is 1.00. The van der Waals surface area contributed by atoms with Crippen LogP contribution in [-0.4, -0.2) is 11.8 Å². The van der Waals surface area contributed by atoms with Gasteiger partial charge < -0.3 is 0 Å². The first-order valence-corrected chi connectivity index (χ1v) is 26.1. The van der Waals surface area contributed by atoms with Crippen LogP contribution in [-0.2, 0) is 5.41 Å². The van der Waals surface area contributed by atoms with Crippen molar-refractivity contribution in [3.63, 3.8) is 0 Å². The SMILES string of the molecule is CC1(C2=CCC=C3C=CCCC3=C2)c2c(cc3c4c(cccc24)-c2ccccc2-3)C(c2ccc3ccccc3c2)=C2C3=CC=CC4C(C5=CC(C6=CCCC=C6)=NC(C6C=CC=CC6)C5)=CC=C(C34)C21. The summed E-state index contributed by atoms with van der Waals surface area (Å²) in [4.78, 5) is 5.57. The predicted octanol–water partition coefficient (Wildman–Crippen LogP) is 17.0. The zero-order valence-corrected chi connectivity index (χ0v) is 39.8. The largest absolute Gasteiger partial charge is 0.280 e. The number of hydrogen-bond acceptors (Lipinski definition) is 1. The molecular weight excluding hydrogens is 843 g/mol. The third-order valence-electron chi connectivity index (χ3n) is 17.8. The molecule has 5 aromatic carbocycles. The van der Waals surface area contributed by atoms with E-state index in [-0.39, 0.29) is 29.2 Å². The summed E-state index contributed by atoms with van der Waals surface area (Å²) in [5.41, 5.74) is 24.9. The van der Waals surface area contributed by atoms with E-state index in [9.17, 15) is 0 Å².